The van der Waals surface area contributed by atoms with Crippen LogP contribution >= 0.6 is 0 Å². The van der Waals surface area contributed by atoms with Gasteiger partial charge in [0.1, 0.15) is 5.82 Å². The Morgan fingerprint density at radius 1 is 0.733 bits per heavy atom. The van der Waals surface area contributed by atoms with Gasteiger partial charge in [-0.3, -0.25) is 0 Å². The molecule has 0 aliphatic heterocycles. The second-order valence-corrected chi connectivity index (χ2v) is 7.30. The third-order valence-electron chi connectivity index (χ3n) is 5.05. The first-order valence-electron chi connectivity index (χ1n) is 9.90. The van der Waals surface area contributed by atoms with E-state index in [9.17, 15) is 0 Å². The van der Waals surface area contributed by atoms with Gasteiger partial charge in [0.15, 0.2) is 0 Å². The molecule has 5 heteroatoms. The fraction of sp³-hybridized carbons (Fsp3) is 0.0800. The number of benzene rings is 3. The molecule has 0 radical (unpaired) electrons. The maximum absolute atomic E-state index is 4.80. The van der Waals surface area contributed by atoms with Crippen molar-refractivity contribution < 1.29 is 0 Å². The van der Waals surface area contributed by atoms with Crippen LogP contribution in [0, 0.1) is 13.8 Å². The zero-order valence-electron chi connectivity index (χ0n) is 16.9. The summed E-state index contributed by atoms with van der Waals surface area (Å²) in [6, 6.07) is 28.8. The first kappa shape index (κ1) is 18.1. The summed E-state index contributed by atoms with van der Waals surface area (Å²) in [6.07, 6.45) is 0. The Balaban J connectivity index is 1.54. The first-order valence-corrected chi connectivity index (χ1v) is 9.90. The summed E-state index contributed by atoms with van der Waals surface area (Å²) in [6.45, 7) is 3.98. The Labute approximate surface area is 175 Å². The molecule has 0 aliphatic carbocycles. The molecule has 0 fully saturated rings. The van der Waals surface area contributed by atoms with Crippen LogP contribution in [0.5, 0.6) is 0 Å². The molecular weight excluding hydrogens is 370 g/mol. The van der Waals surface area contributed by atoms with Gasteiger partial charge in [-0.25, -0.2) is 9.67 Å². The highest BCUT2D eigenvalue weighted by atomic mass is 15.4. The largest absolute Gasteiger partial charge is 0.340 e. The number of aryl methyl sites for hydroxylation is 2. The van der Waals surface area contributed by atoms with Crippen LogP contribution < -0.4 is 5.32 Å². The number of nitrogens with one attached hydrogen (secondary N) is 1. The summed E-state index contributed by atoms with van der Waals surface area (Å²) in [5.74, 6) is 1.32. The topological polar surface area (TPSA) is 55.6 Å². The second-order valence-electron chi connectivity index (χ2n) is 7.30. The van der Waals surface area contributed by atoms with Crippen molar-refractivity contribution in [2.45, 2.75) is 13.8 Å². The van der Waals surface area contributed by atoms with E-state index in [1.54, 1.807) is 4.68 Å². The Morgan fingerprint density at radius 3 is 2.17 bits per heavy atom. The maximum Gasteiger partial charge on any atom is 0.253 e. The van der Waals surface area contributed by atoms with Crippen molar-refractivity contribution in [2.24, 2.45) is 0 Å². The van der Waals surface area contributed by atoms with Crippen LogP contribution in [0.15, 0.2) is 84.9 Å². The zero-order chi connectivity index (χ0) is 20.5. The molecule has 1 N–H and O–H groups in total. The fourth-order valence-electron chi connectivity index (χ4n) is 3.60. The highest BCUT2D eigenvalue weighted by Gasteiger charge is 2.12. The molecule has 2 heterocycles. The number of anilines is 2. The van der Waals surface area contributed by atoms with E-state index in [4.69, 9.17) is 9.97 Å². The zero-order valence-corrected chi connectivity index (χ0v) is 16.9. The minimum Gasteiger partial charge on any atom is -0.340 e. The average molecular weight is 391 g/mol. The van der Waals surface area contributed by atoms with Crippen molar-refractivity contribution >= 4 is 22.4 Å². The molecule has 0 bridgehead atoms. The van der Waals surface area contributed by atoms with Gasteiger partial charge in [0.25, 0.3) is 5.95 Å². The molecule has 0 amide bonds. The number of rotatable bonds is 4. The number of aromatic nitrogens is 4. The van der Waals surface area contributed by atoms with Gasteiger partial charge in [-0.15, -0.1) is 0 Å². The standard InChI is InChI=1S/C25H21N5/c1-17-16-18(2)30(29-17)25-27-23-11-7-6-10-22(23)24(28-25)26-21-14-12-20(13-15-21)19-8-4-3-5-9-19/h3-16H,1-2H3,(H,26,27,28). The van der Waals surface area contributed by atoms with E-state index in [1.807, 2.05) is 50.2 Å². The van der Waals surface area contributed by atoms with E-state index in [-0.39, 0.29) is 0 Å². The lowest BCUT2D eigenvalue weighted by atomic mass is 10.1. The van der Waals surface area contributed by atoms with Crippen LogP contribution in [0.4, 0.5) is 11.5 Å². The van der Waals surface area contributed by atoms with Crippen LogP contribution in [0.1, 0.15) is 11.4 Å². The van der Waals surface area contributed by atoms with Gasteiger partial charge in [0, 0.05) is 16.8 Å². The molecule has 0 spiro atoms. The molecule has 2 aromatic heterocycles. The SMILES string of the molecule is Cc1cc(C)n(-c2nc(Nc3ccc(-c4ccccc4)cc3)c3ccccc3n2)n1. The summed E-state index contributed by atoms with van der Waals surface area (Å²) in [5, 5.41) is 8.98. The van der Waals surface area contributed by atoms with Crippen molar-refractivity contribution in [3.63, 3.8) is 0 Å². The fourth-order valence-corrected chi connectivity index (χ4v) is 3.60. The van der Waals surface area contributed by atoms with Gasteiger partial charge < -0.3 is 5.32 Å². The maximum atomic E-state index is 4.80. The van der Waals surface area contributed by atoms with Gasteiger partial charge in [-0.1, -0.05) is 54.6 Å². The third-order valence-corrected chi connectivity index (χ3v) is 5.05. The number of hydrogen-bond donors (Lipinski definition) is 1. The summed E-state index contributed by atoms with van der Waals surface area (Å²) >= 11 is 0. The summed E-state index contributed by atoms with van der Waals surface area (Å²) < 4.78 is 1.78. The van der Waals surface area contributed by atoms with E-state index in [2.05, 4.69) is 58.9 Å². The van der Waals surface area contributed by atoms with E-state index >= 15 is 0 Å². The number of nitrogens with zero attached hydrogens (tertiary/aromatic N) is 4. The van der Waals surface area contributed by atoms with Gasteiger partial charge in [0.05, 0.1) is 11.2 Å². The Kier molecular flexibility index (Phi) is 4.48. The molecule has 0 saturated heterocycles. The molecule has 0 saturated carbocycles. The molecule has 146 valence electrons. The van der Waals surface area contributed by atoms with Crippen LogP contribution in [-0.4, -0.2) is 19.7 Å². The Hall–Kier alpha value is -3.99. The summed E-state index contributed by atoms with van der Waals surface area (Å²) in [7, 11) is 0. The van der Waals surface area contributed by atoms with Crippen molar-refractivity contribution in [1.82, 2.24) is 19.7 Å². The molecule has 5 aromatic rings. The highest BCUT2D eigenvalue weighted by molar-refractivity contribution is 5.91. The van der Waals surface area contributed by atoms with Crippen molar-refractivity contribution in [3.05, 3.63) is 96.3 Å². The van der Waals surface area contributed by atoms with Crippen LogP contribution in [0.3, 0.4) is 0 Å². The van der Waals surface area contributed by atoms with Crippen molar-refractivity contribution in [1.29, 1.82) is 0 Å². The normalized spacial score (nSPS) is 11.0. The summed E-state index contributed by atoms with van der Waals surface area (Å²) in [5.41, 5.74) is 6.16. The van der Waals surface area contributed by atoms with E-state index in [0.717, 1.165) is 33.8 Å². The average Bonchev–Trinajstić information content (AvgIpc) is 3.13. The molecule has 0 unspecified atom stereocenters. The van der Waals surface area contributed by atoms with E-state index in [1.165, 1.54) is 11.1 Å². The lowest BCUT2D eigenvalue weighted by Gasteiger charge is -2.12. The van der Waals surface area contributed by atoms with Gasteiger partial charge in [-0.05, 0) is 55.3 Å². The van der Waals surface area contributed by atoms with Crippen molar-refractivity contribution in [3.8, 4) is 17.1 Å². The molecule has 5 rings (SSSR count). The molecule has 0 aliphatic rings. The minimum atomic E-state index is 0.558. The van der Waals surface area contributed by atoms with Crippen LogP contribution in [0.2, 0.25) is 0 Å². The first-order chi connectivity index (χ1) is 14.7. The predicted molar refractivity (Wildman–Crippen MR) is 121 cm³/mol. The van der Waals surface area contributed by atoms with Gasteiger partial charge in [-0.2, -0.15) is 10.1 Å². The molecule has 5 nitrogen and oxygen atoms in total. The Bertz CT molecular complexity index is 1320. The number of hydrogen-bond acceptors (Lipinski definition) is 4. The molecule has 3 aromatic carbocycles. The second kappa shape index (κ2) is 7.44. The van der Waals surface area contributed by atoms with Crippen molar-refractivity contribution in [2.75, 3.05) is 5.32 Å². The van der Waals surface area contributed by atoms with E-state index in [0.29, 0.717) is 5.95 Å². The third kappa shape index (κ3) is 3.42. The lowest BCUT2D eigenvalue weighted by Crippen LogP contribution is -2.07. The summed E-state index contributed by atoms with van der Waals surface area (Å²) in [4.78, 5) is 9.52. The van der Waals surface area contributed by atoms with E-state index < -0.39 is 0 Å². The number of para-hydroxylation sites is 1. The highest BCUT2D eigenvalue weighted by Crippen LogP contribution is 2.27. The monoisotopic (exact) mass is 391 g/mol. The molecule has 0 atom stereocenters. The smallest absolute Gasteiger partial charge is 0.253 e. The van der Waals surface area contributed by atoms with Gasteiger partial charge in [0.2, 0.25) is 0 Å². The molecule has 30 heavy (non-hydrogen) atoms. The number of fused-ring (bicyclic) bond motifs is 1. The predicted octanol–water partition coefficient (Wildman–Crippen LogP) is 5.84. The van der Waals surface area contributed by atoms with Gasteiger partial charge >= 0.3 is 0 Å². The van der Waals surface area contributed by atoms with Crippen LogP contribution in [-0.2, 0) is 0 Å². The minimum absolute atomic E-state index is 0.558. The lowest BCUT2D eigenvalue weighted by molar-refractivity contribution is 0.781. The van der Waals surface area contributed by atoms with Crippen LogP contribution in [0.25, 0.3) is 28.0 Å². The quantitative estimate of drug-likeness (QED) is 0.418. The Morgan fingerprint density at radius 2 is 1.43 bits per heavy atom. The molecular formula is C25H21N5.